The fraction of sp³-hybridized carbons (Fsp3) is 0.556. The third-order valence-corrected chi connectivity index (χ3v) is 4.62. The first-order chi connectivity index (χ1) is 7.73. The number of thiazole rings is 1. The van der Waals surface area contributed by atoms with Crippen molar-refractivity contribution in [2.45, 2.75) is 25.8 Å². The van der Waals surface area contributed by atoms with Crippen molar-refractivity contribution in [2.75, 3.05) is 5.75 Å². The molecule has 96 valence electrons. The highest BCUT2D eigenvalue weighted by Gasteiger charge is 2.29. The highest BCUT2D eigenvalue weighted by atomic mass is 32.2. The first-order valence-corrected chi connectivity index (χ1v) is 7.39. The smallest absolute Gasteiger partial charge is 0.304 e. The largest absolute Gasteiger partial charge is 0.481 e. The zero-order valence-electron chi connectivity index (χ0n) is 9.50. The lowest BCUT2D eigenvalue weighted by Crippen LogP contribution is -2.42. The van der Waals surface area contributed by atoms with Gasteiger partial charge in [-0.2, -0.15) is 0 Å². The molecule has 0 aromatic carbocycles. The summed E-state index contributed by atoms with van der Waals surface area (Å²) in [5, 5.41) is 10.8. The van der Waals surface area contributed by atoms with Crippen LogP contribution in [-0.2, 0) is 20.4 Å². The van der Waals surface area contributed by atoms with E-state index in [1.807, 2.05) is 0 Å². The SMILES string of the molecule is CC(C)(NS(=O)(=O)CCC(=O)O)c1nccs1. The third-order valence-electron chi connectivity index (χ3n) is 1.96. The highest BCUT2D eigenvalue weighted by molar-refractivity contribution is 7.89. The van der Waals surface area contributed by atoms with E-state index in [-0.39, 0.29) is 0 Å². The van der Waals surface area contributed by atoms with Crippen molar-refractivity contribution < 1.29 is 18.3 Å². The van der Waals surface area contributed by atoms with Crippen molar-refractivity contribution in [1.29, 1.82) is 0 Å². The average molecular weight is 278 g/mol. The Hall–Kier alpha value is -0.990. The first kappa shape index (κ1) is 14.1. The van der Waals surface area contributed by atoms with Gasteiger partial charge in [0.1, 0.15) is 5.01 Å². The van der Waals surface area contributed by atoms with E-state index in [0.29, 0.717) is 5.01 Å². The molecule has 1 aromatic heterocycles. The van der Waals surface area contributed by atoms with E-state index in [1.165, 1.54) is 11.3 Å². The van der Waals surface area contributed by atoms with E-state index in [0.717, 1.165) is 0 Å². The molecule has 0 radical (unpaired) electrons. The van der Waals surface area contributed by atoms with E-state index in [2.05, 4.69) is 9.71 Å². The summed E-state index contributed by atoms with van der Waals surface area (Å²) in [6.07, 6.45) is 1.18. The number of hydrogen-bond acceptors (Lipinski definition) is 5. The maximum atomic E-state index is 11.6. The maximum Gasteiger partial charge on any atom is 0.304 e. The Balaban J connectivity index is 2.73. The van der Waals surface area contributed by atoms with E-state index < -0.39 is 33.7 Å². The van der Waals surface area contributed by atoms with Gasteiger partial charge in [0.15, 0.2) is 0 Å². The zero-order valence-corrected chi connectivity index (χ0v) is 11.1. The molecule has 0 unspecified atom stereocenters. The van der Waals surface area contributed by atoms with Gasteiger partial charge in [0.25, 0.3) is 0 Å². The number of rotatable bonds is 6. The molecule has 1 heterocycles. The summed E-state index contributed by atoms with van der Waals surface area (Å²) in [6.45, 7) is 3.37. The molecule has 0 spiro atoms. The molecule has 0 bridgehead atoms. The van der Waals surface area contributed by atoms with Crippen LogP contribution in [0.5, 0.6) is 0 Å². The van der Waals surface area contributed by atoms with Crippen molar-refractivity contribution in [3.8, 4) is 0 Å². The standard InChI is InChI=1S/C9H14N2O4S2/c1-9(2,8-10-4-5-16-8)11-17(14,15)6-3-7(12)13/h4-5,11H,3,6H2,1-2H3,(H,12,13). The van der Waals surface area contributed by atoms with Crippen LogP contribution in [-0.4, -0.2) is 30.2 Å². The van der Waals surface area contributed by atoms with Crippen LogP contribution in [0.2, 0.25) is 0 Å². The van der Waals surface area contributed by atoms with Gasteiger partial charge in [0.2, 0.25) is 10.0 Å². The molecular weight excluding hydrogens is 264 g/mol. The Morgan fingerprint density at radius 2 is 2.24 bits per heavy atom. The van der Waals surface area contributed by atoms with Crippen molar-refractivity contribution in [2.24, 2.45) is 0 Å². The second-order valence-corrected chi connectivity index (χ2v) is 6.76. The Bertz CT molecular complexity index is 479. The number of nitrogens with one attached hydrogen (secondary N) is 1. The molecule has 0 atom stereocenters. The Morgan fingerprint density at radius 3 is 2.71 bits per heavy atom. The van der Waals surface area contributed by atoms with E-state index in [4.69, 9.17) is 5.11 Å². The predicted molar refractivity (Wildman–Crippen MR) is 64.3 cm³/mol. The minimum absolute atomic E-state index is 0.413. The van der Waals surface area contributed by atoms with Gasteiger partial charge in [-0.3, -0.25) is 4.79 Å². The number of carboxylic acid groups (broad SMARTS) is 1. The van der Waals surface area contributed by atoms with Gasteiger partial charge in [0.05, 0.1) is 17.7 Å². The molecule has 1 rings (SSSR count). The second kappa shape index (κ2) is 5.11. The molecule has 0 aliphatic carbocycles. The summed E-state index contributed by atoms with van der Waals surface area (Å²) in [4.78, 5) is 14.4. The number of carboxylic acids is 1. The molecule has 0 saturated carbocycles. The van der Waals surface area contributed by atoms with Crippen LogP contribution in [0.3, 0.4) is 0 Å². The summed E-state index contributed by atoms with van der Waals surface area (Å²) >= 11 is 1.34. The van der Waals surface area contributed by atoms with Crippen molar-refractivity contribution in [3.05, 3.63) is 16.6 Å². The average Bonchev–Trinajstić information content (AvgIpc) is 2.66. The maximum absolute atomic E-state index is 11.6. The molecular formula is C9H14N2O4S2. The second-order valence-electron chi connectivity index (χ2n) is 4.03. The number of aromatic nitrogens is 1. The Kier molecular flexibility index (Phi) is 4.23. The Morgan fingerprint density at radius 1 is 1.59 bits per heavy atom. The summed E-state index contributed by atoms with van der Waals surface area (Å²) in [5.74, 6) is -1.57. The minimum Gasteiger partial charge on any atom is -0.481 e. The Labute approximate surface area is 104 Å². The minimum atomic E-state index is -3.62. The van der Waals surface area contributed by atoms with Crippen LogP contribution in [0.25, 0.3) is 0 Å². The number of sulfonamides is 1. The van der Waals surface area contributed by atoms with Crippen molar-refractivity contribution in [3.63, 3.8) is 0 Å². The highest BCUT2D eigenvalue weighted by Crippen LogP contribution is 2.22. The van der Waals surface area contributed by atoms with Crippen molar-refractivity contribution >= 4 is 27.3 Å². The molecule has 0 fully saturated rings. The van der Waals surface area contributed by atoms with Crippen LogP contribution in [0.4, 0.5) is 0 Å². The fourth-order valence-electron chi connectivity index (χ4n) is 1.24. The van der Waals surface area contributed by atoms with Crippen LogP contribution in [0, 0.1) is 0 Å². The van der Waals surface area contributed by atoms with E-state index in [1.54, 1.807) is 25.4 Å². The lowest BCUT2D eigenvalue weighted by Gasteiger charge is -2.23. The molecule has 0 aliphatic heterocycles. The van der Waals surface area contributed by atoms with Crippen LogP contribution >= 0.6 is 11.3 Å². The quantitative estimate of drug-likeness (QED) is 0.801. The molecule has 8 heteroatoms. The van der Waals surface area contributed by atoms with Gasteiger partial charge >= 0.3 is 5.97 Å². The van der Waals surface area contributed by atoms with Crippen LogP contribution < -0.4 is 4.72 Å². The number of nitrogens with zero attached hydrogens (tertiary/aromatic N) is 1. The number of aliphatic carboxylic acids is 1. The monoisotopic (exact) mass is 278 g/mol. The summed E-state index contributed by atoms with van der Waals surface area (Å²) in [6, 6.07) is 0. The molecule has 0 aliphatic rings. The van der Waals surface area contributed by atoms with Gasteiger partial charge in [0, 0.05) is 11.6 Å². The fourth-order valence-corrected chi connectivity index (χ4v) is 3.44. The van der Waals surface area contributed by atoms with Crippen molar-refractivity contribution in [1.82, 2.24) is 9.71 Å². The van der Waals surface area contributed by atoms with E-state index >= 15 is 0 Å². The molecule has 6 nitrogen and oxygen atoms in total. The molecule has 2 N–H and O–H groups in total. The zero-order chi connectivity index (χ0) is 13.1. The van der Waals surface area contributed by atoms with Gasteiger partial charge in [-0.25, -0.2) is 18.1 Å². The molecule has 17 heavy (non-hydrogen) atoms. The lowest BCUT2D eigenvalue weighted by molar-refractivity contribution is -0.136. The van der Waals surface area contributed by atoms with Gasteiger partial charge < -0.3 is 5.11 Å². The summed E-state index contributed by atoms with van der Waals surface area (Å²) in [7, 11) is -3.62. The summed E-state index contributed by atoms with van der Waals surface area (Å²) in [5.41, 5.74) is -0.828. The topological polar surface area (TPSA) is 96.4 Å². The molecule has 0 amide bonds. The van der Waals surface area contributed by atoms with Crippen LogP contribution in [0.1, 0.15) is 25.3 Å². The molecule has 1 aromatic rings. The predicted octanol–water partition coefficient (Wildman–Crippen LogP) is 0.772. The van der Waals surface area contributed by atoms with E-state index in [9.17, 15) is 13.2 Å². The van der Waals surface area contributed by atoms with Crippen LogP contribution in [0.15, 0.2) is 11.6 Å². The van der Waals surface area contributed by atoms with Gasteiger partial charge in [-0.05, 0) is 13.8 Å². The van der Waals surface area contributed by atoms with Gasteiger partial charge in [-0.1, -0.05) is 0 Å². The number of hydrogen-bond donors (Lipinski definition) is 2. The summed E-state index contributed by atoms with van der Waals surface area (Å²) < 4.78 is 25.7. The first-order valence-electron chi connectivity index (χ1n) is 4.86. The third kappa shape index (κ3) is 4.41. The normalized spacial score (nSPS) is 12.6. The van der Waals surface area contributed by atoms with Gasteiger partial charge in [-0.15, -0.1) is 11.3 Å². The number of carbonyl (C=O) groups is 1. The lowest BCUT2D eigenvalue weighted by atomic mass is 10.1. The molecule has 0 saturated heterocycles.